The number of carboxylic acids is 1. The summed E-state index contributed by atoms with van der Waals surface area (Å²) in [5.41, 5.74) is 0.611. The summed E-state index contributed by atoms with van der Waals surface area (Å²) in [5, 5.41) is 9.07. The van der Waals surface area contributed by atoms with Crippen molar-refractivity contribution in [3.05, 3.63) is 29.8 Å². The lowest BCUT2D eigenvalue weighted by Crippen LogP contribution is -2.44. The van der Waals surface area contributed by atoms with Crippen molar-refractivity contribution < 1.29 is 24.2 Å². The SMILES string of the molecule is COc1ccc(C(=O)N2CCC(C(=O)N3CC[C@@H](C(=O)O)C3)CC2)cc1. The van der Waals surface area contributed by atoms with E-state index in [9.17, 15) is 14.4 Å². The Hall–Kier alpha value is -2.57. The summed E-state index contributed by atoms with van der Waals surface area (Å²) in [5.74, 6) is -0.703. The molecule has 0 aromatic heterocycles. The number of carboxylic acid groups (broad SMARTS) is 1. The number of nitrogens with zero attached hydrogens (tertiary/aromatic N) is 2. The number of amides is 2. The van der Waals surface area contributed by atoms with E-state index in [1.165, 1.54) is 0 Å². The number of hydrogen-bond acceptors (Lipinski definition) is 4. The van der Waals surface area contributed by atoms with E-state index in [4.69, 9.17) is 9.84 Å². The maximum atomic E-state index is 12.6. The summed E-state index contributed by atoms with van der Waals surface area (Å²) in [6.07, 6.45) is 1.76. The summed E-state index contributed by atoms with van der Waals surface area (Å²) in [6.45, 7) is 1.90. The fourth-order valence-corrected chi connectivity index (χ4v) is 3.67. The van der Waals surface area contributed by atoms with Gasteiger partial charge in [0.1, 0.15) is 5.75 Å². The largest absolute Gasteiger partial charge is 0.497 e. The van der Waals surface area contributed by atoms with Crippen LogP contribution in [-0.2, 0) is 9.59 Å². The van der Waals surface area contributed by atoms with Gasteiger partial charge in [0.15, 0.2) is 0 Å². The van der Waals surface area contributed by atoms with E-state index >= 15 is 0 Å². The van der Waals surface area contributed by atoms with Crippen molar-refractivity contribution in [2.75, 3.05) is 33.3 Å². The van der Waals surface area contributed by atoms with E-state index in [1.807, 2.05) is 0 Å². The molecule has 2 heterocycles. The quantitative estimate of drug-likeness (QED) is 0.879. The first-order chi connectivity index (χ1) is 12.5. The van der Waals surface area contributed by atoms with E-state index in [0.717, 1.165) is 0 Å². The molecule has 2 aliphatic heterocycles. The van der Waals surface area contributed by atoms with Crippen LogP contribution in [0.15, 0.2) is 24.3 Å². The second-order valence-corrected chi connectivity index (χ2v) is 6.90. The third kappa shape index (κ3) is 3.81. The van der Waals surface area contributed by atoms with Crippen LogP contribution in [0.2, 0.25) is 0 Å². The molecule has 3 rings (SSSR count). The topological polar surface area (TPSA) is 87.2 Å². The molecular formula is C19H24N2O5. The number of piperidine rings is 1. The number of hydrogen-bond donors (Lipinski definition) is 1. The fourth-order valence-electron chi connectivity index (χ4n) is 3.67. The maximum absolute atomic E-state index is 12.6. The highest BCUT2D eigenvalue weighted by molar-refractivity contribution is 5.94. The lowest BCUT2D eigenvalue weighted by molar-refractivity contribution is -0.141. The van der Waals surface area contributed by atoms with Crippen LogP contribution < -0.4 is 4.74 Å². The minimum absolute atomic E-state index is 0.0327. The Balaban J connectivity index is 1.53. The first-order valence-electron chi connectivity index (χ1n) is 8.94. The fraction of sp³-hybridized carbons (Fsp3) is 0.526. The van der Waals surface area contributed by atoms with Gasteiger partial charge in [-0.25, -0.2) is 0 Å². The van der Waals surface area contributed by atoms with Crippen molar-refractivity contribution >= 4 is 17.8 Å². The molecule has 0 aliphatic carbocycles. The van der Waals surface area contributed by atoms with Gasteiger partial charge in [-0.2, -0.15) is 0 Å². The Labute approximate surface area is 152 Å². The molecule has 140 valence electrons. The van der Waals surface area contributed by atoms with Crippen LogP contribution in [0.3, 0.4) is 0 Å². The van der Waals surface area contributed by atoms with Crippen LogP contribution in [0.4, 0.5) is 0 Å². The van der Waals surface area contributed by atoms with Crippen molar-refractivity contribution in [3.8, 4) is 5.75 Å². The van der Waals surface area contributed by atoms with Crippen LogP contribution >= 0.6 is 0 Å². The number of ether oxygens (including phenoxy) is 1. The predicted octanol–water partition coefficient (Wildman–Crippen LogP) is 1.48. The molecule has 7 heteroatoms. The second-order valence-electron chi connectivity index (χ2n) is 6.90. The number of carbonyl (C=O) groups excluding carboxylic acids is 2. The average molecular weight is 360 g/mol. The van der Waals surface area contributed by atoms with E-state index in [-0.39, 0.29) is 17.7 Å². The lowest BCUT2D eigenvalue weighted by atomic mass is 9.95. The molecule has 1 aromatic carbocycles. The first-order valence-corrected chi connectivity index (χ1v) is 8.94. The van der Waals surface area contributed by atoms with Gasteiger partial charge in [-0.1, -0.05) is 0 Å². The molecule has 2 aliphatic rings. The van der Waals surface area contributed by atoms with Gasteiger partial charge in [-0.3, -0.25) is 14.4 Å². The molecule has 2 fully saturated rings. The Morgan fingerprint density at radius 1 is 0.962 bits per heavy atom. The van der Waals surface area contributed by atoms with Gasteiger partial charge in [0.05, 0.1) is 13.0 Å². The van der Waals surface area contributed by atoms with Crippen LogP contribution in [-0.4, -0.2) is 66.0 Å². The molecule has 0 saturated carbocycles. The Bertz CT molecular complexity index is 680. The van der Waals surface area contributed by atoms with Crippen molar-refractivity contribution in [3.63, 3.8) is 0 Å². The highest BCUT2D eigenvalue weighted by atomic mass is 16.5. The maximum Gasteiger partial charge on any atom is 0.308 e. The molecule has 0 spiro atoms. The van der Waals surface area contributed by atoms with Crippen molar-refractivity contribution in [1.29, 1.82) is 0 Å². The Morgan fingerprint density at radius 2 is 1.54 bits per heavy atom. The number of rotatable bonds is 4. The smallest absolute Gasteiger partial charge is 0.308 e. The minimum Gasteiger partial charge on any atom is -0.497 e. The number of aliphatic carboxylic acids is 1. The van der Waals surface area contributed by atoms with Crippen LogP contribution in [0.1, 0.15) is 29.6 Å². The Kier molecular flexibility index (Phi) is 5.44. The Morgan fingerprint density at radius 3 is 2.08 bits per heavy atom. The molecule has 26 heavy (non-hydrogen) atoms. The second kappa shape index (κ2) is 7.76. The van der Waals surface area contributed by atoms with Gasteiger partial charge in [0.25, 0.3) is 5.91 Å². The normalized spacial score (nSPS) is 20.9. The summed E-state index contributed by atoms with van der Waals surface area (Å²) >= 11 is 0. The number of methoxy groups -OCH3 is 1. The van der Waals surface area contributed by atoms with Gasteiger partial charge >= 0.3 is 5.97 Å². The third-order valence-electron chi connectivity index (χ3n) is 5.32. The highest BCUT2D eigenvalue weighted by Gasteiger charge is 2.35. The van der Waals surface area contributed by atoms with Crippen molar-refractivity contribution in [2.24, 2.45) is 11.8 Å². The molecule has 7 nitrogen and oxygen atoms in total. The molecule has 0 radical (unpaired) electrons. The highest BCUT2D eigenvalue weighted by Crippen LogP contribution is 2.25. The molecule has 1 atom stereocenters. The molecule has 0 unspecified atom stereocenters. The number of likely N-dealkylation sites (tertiary alicyclic amines) is 2. The molecule has 1 N–H and O–H groups in total. The number of benzene rings is 1. The minimum atomic E-state index is -0.833. The summed E-state index contributed by atoms with van der Waals surface area (Å²) < 4.78 is 5.10. The van der Waals surface area contributed by atoms with Gasteiger partial charge in [-0.05, 0) is 43.5 Å². The average Bonchev–Trinajstić information content (AvgIpc) is 3.17. The van der Waals surface area contributed by atoms with E-state index < -0.39 is 11.9 Å². The first kappa shape index (κ1) is 18.2. The van der Waals surface area contributed by atoms with E-state index in [1.54, 1.807) is 41.2 Å². The van der Waals surface area contributed by atoms with E-state index in [2.05, 4.69) is 0 Å². The number of carbonyl (C=O) groups is 3. The van der Waals surface area contributed by atoms with Gasteiger partial charge in [-0.15, -0.1) is 0 Å². The van der Waals surface area contributed by atoms with Gasteiger partial charge in [0.2, 0.25) is 5.91 Å². The van der Waals surface area contributed by atoms with Crippen molar-refractivity contribution in [2.45, 2.75) is 19.3 Å². The molecule has 2 saturated heterocycles. The zero-order valence-corrected chi connectivity index (χ0v) is 14.9. The van der Waals surface area contributed by atoms with Crippen LogP contribution in [0.5, 0.6) is 5.75 Å². The summed E-state index contributed by atoms with van der Waals surface area (Å²) in [6, 6.07) is 7.01. The zero-order chi connectivity index (χ0) is 18.7. The summed E-state index contributed by atoms with van der Waals surface area (Å²) in [4.78, 5) is 39.7. The monoisotopic (exact) mass is 360 g/mol. The van der Waals surface area contributed by atoms with Crippen LogP contribution in [0.25, 0.3) is 0 Å². The standard InChI is InChI=1S/C19H24N2O5/c1-26-16-4-2-13(3-5-16)17(22)20-9-6-14(7-10-20)18(23)21-11-8-15(12-21)19(24)25/h2-5,14-15H,6-12H2,1H3,(H,24,25)/t15-/m1/s1. The lowest BCUT2D eigenvalue weighted by Gasteiger charge is -2.33. The van der Waals surface area contributed by atoms with Gasteiger partial charge < -0.3 is 19.6 Å². The molecule has 1 aromatic rings. The molecule has 2 amide bonds. The predicted molar refractivity (Wildman–Crippen MR) is 93.9 cm³/mol. The van der Waals surface area contributed by atoms with Crippen molar-refractivity contribution in [1.82, 2.24) is 9.80 Å². The third-order valence-corrected chi connectivity index (χ3v) is 5.32. The van der Waals surface area contributed by atoms with Crippen LogP contribution in [0, 0.1) is 11.8 Å². The zero-order valence-electron chi connectivity index (χ0n) is 14.9. The van der Waals surface area contributed by atoms with Gasteiger partial charge in [0, 0.05) is 37.7 Å². The van der Waals surface area contributed by atoms with E-state index in [0.29, 0.717) is 56.8 Å². The molecule has 0 bridgehead atoms. The summed E-state index contributed by atoms with van der Waals surface area (Å²) in [7, 11) is 1.58. The molecular weight excluding hydrogens is 336 g/mol.